The first-order valence-corrected chi connectivity index (χ1v) is 8.09. The van der Waals surface area contributed by atoms with Crippen LogP contribution in [0.1, 0.15) is 18.4 Å². The maximum absolute atomic E-state index is 5.91. The van der Waals surface area contributed by atoms with Crippen LogP contribution in [0, 0.1) is 0 Å². The Morgan fingerprint density at radius 1 is 1.37 bits per heavy atom. The molecule has 4 heteroatoms. The first kappa shape index (κ1) is 14.9. The van der Waals surface area contributed by atoms with Gasteiger partial charge in [0, 0.05) is 37.7 Å². The fourth-order valence-electron chi connectivity index (χ4n) is 2.70. The zero-order valence-corrected chi connectivity index (χ0v) is 12.7. The van der Waals surface area contributed by atoms with E-state index in [0.717, 1.165) is 25.9 Å². The van der Waals surface area contributed by atoms with Gasteiger partial charge in [-0.15, -0.1) is 11.8 Å². The van der Waals surface area contributed by atoms with Crippen molar-refractivity contribution in [1.82, 2.24) is 4.90 Å². The Morgan fingerprint density at radius 3 is 2.68 bits per heavy atom. The highest BCUT2D eigenvalue weighted by molar-refractivity contribution is 7.98. The predicted octanol–water partition coefficient (Wildman–Crippen LogP) is 2.35. The van der Waals surface area contributed by atoms with Crippen LogP contribution >= 0.6 is 11.8 Å². The molecule has 0 radical (unpaired) electrons. The zero-order chi connectivity index (χ0) is 13.7. The van der Waals surface area contributed by atoms with E-state index in [0.29, 0.717) is 18.7 Å². The molecular formula is C15H24N2OS. The highest BCUT2D eigenvalue weighted by Gasteiger charge is 2.27. The minimum absolute atomic E-state index is 0.378. The van der Waals surface area contributed by atoms with Gasteiger partial charge in [0.15, 0.2) is 0 Å². The van der Waals surface area contributed by atoms with Gasteiger partial charge in [-0.1, -0.05) is 12.1 Å². The summed E-state index contributed by atoms with van der Waals surface area (Å²) in [6, 6.07) is 9.28. The van der Waals surface area contributed by atoms with Crippen LogP contribution in [0.4, 0.5) is 0 Å². The molecule has 106 valence electrons. The molecule has 2 rings (SSSR count). The molecule has 0 aromatic heterocycles. The molecule has 1 aromatic carbocycles. The van der Waals surface area contributed by atoms with Crippen LogP contribution in [0.2, 0.25) is 0 Å². The van der Waals surface area contributed by atoms with Crippen molar-refractivity contribution in [1.29, 1.82) is 0 Å². The average Bonchev–Trinajstić information content (AvgIpc) is 2.48. The number of methoxy groups -OCH3 is 1. The summed E-state index contributed by atoms with van der Waals surface area (Å²) in [5.74, 6) is 0. The Labute approximate surface area is 120 Å². The number of likely N-dealkylation sites (tertiary alicyclic amines) is 1. The summed E-state index contributed by atoms with van der Waals surface area (Å²) in [5.41, 5.74) is 7.28. The standard InChI is InChI=1S/C15H24N2OS/c1-18-14-7-8-17(13(9-14)10-16)11-12-3-5-15(19-2)6-4-12/h3-6,13-14H,7-11,16H2,1-2H3. The predicted molar refractivity (Wildman–Crippen MR) is 81.5 cm³/mol. The summed E-state index contributed by atoms with van der Waals surface area (Å²) in [6.45, 7) is 2.78. The highest BCUT2D eigenvalue weighted by atomic mass is 32.2. The summed E-state index contributed by atoms with van der Waals surface area (Å²) in [4.78, 5) is 3.81. The number of hydrogen-bond donors (Lipinski definition) is 1. The third kappa shape index (κ3) is 3.96. The van der Waals surface area contributed by atoms with E-state index >= 15 is 0 Å². The SMILES string of the molecule is COC1CCN(Cc2ccc(SC)cc2)C(CN)C1. The maximum atomic E-state index is 5.91. The molecule has 0 spiro atoms. The van der Waals surface area contributed by atoms with E-state index in [-0.39, 0.29) is 0 Å². The van der Waals surface area contributed by atoms with Gasteiger partial charge in [-0.2, -0.15) is 0 Å². The van der Waals surface area contributed by atoms with Crippen LogP contribution in [-0.4, -0.2) is 43.5 Å². The van der Waals surface area contributed by atoms with E-state index in [1.807, 2.05) is 0 Å². The van der Waals surface area contributed by atoms with Crippen molar-refractivity contribution in [2.75, 3.05) is 26.5 Å². The molecule has 1 fully saturated rings. The smallest absolute Gasteiger partial charge is 0.0599 e. The third-order valence-corrected chi connectivity index (χ3v) is 4.68. The summed E-state index contributed by atoms with van der Waals surface area (Å²) >= 11 is 1.78. The lowest BCUT2D eigenvalue weighted by Crippen LogP contribution is -2.47. The van der Waals surface area contributed by atoms with Crippen molar-refractivity contribution in [3.63, 3.8) is 0 Å². The summed E-state index contributed by atoms with van der Waals surface area (Å²) < 4.78 is 5.47. The molecule has 0 bridgehead atoms. The molecule has 1 aliphatic heterocycles. The normalized spacial score (nSPS) is 24.6. The summed E-state index contributed by atoms with van der Waals surface area (Å²) in [6.07, 6.45) is 4.64. The molecular weight excluding hydrogens is 256 g/mol. The van der Waals surface area contributed by atoms with Crippen LogP contribution < -0.4 is 5.73 Å². The Morgan fingerprint density at radius 2 is 2.11 bits per heavy atom. The number of benzene rings is 1. The van der Waals surface area contributed by atoms with Crippen molar-refractivity contribution < 1.29 is 4.74 Å². The number of piperidine rings is 1. The van der Waals surface area contributed by atoms with Crippen LogP contribution in [0.5, 0.6) is 0 Å². The molecule has 1 aromatic rings. The maximum Gasteiger partial charge on any atom is 0.0599 e. The first-order chi connectivity index (χ1) is 9.26. The van der Waals surface area contributed by atoms with Crippen molar-refractivity contribution in [2.24, 2.45) is 5.73 Å². The molecule has 1 aliphatic rings. The quantitative estimate of drug-likeness (QED) is 0.840. The molecule has 2 N–H and O–H groups in total. The van der Waals surface area contributed by atoms with E-state index in [1.165, 1.54) is 10.5 Å². The number of thioether (sulfide) groups is 1. The highest BCUT2D eigenvalue weighted by Crippen LogP contribution is 2.22. The second kappa shape index (κ2) is 7.29. The van der Waals surface area contributed by atoms with Gasteiger partial charge in [0.2, 0.25) is 0 Å². The van der Waals surface area contributed by atoms with E-state index < -0.39 is 0 Å². The minimum atomic E-state index is 0.378. The molecule has 3 nitrogen and oxygen atoms in total. The molecule has 0 amide bonds. The van der Waals surface area contributed by atoms with Crippen molar-refractivity contribution in [2.45, 2.75) is 36.4 Å². The van der Waals surface area contributed by atoms with Gasteiger partial charge in [0.1, 0.15) is 0 Å². The van der Waals surface area contributed by atoms with Gasteiger partial charge >= 0.3 is 0 Å². The average molecular weight is 280 g/mol. The van der Waals surface area contributed by atoms with E-state index in [9.17, 15) is 0 Å². The van der Waals surface area contributed by atoms with E-state index in [2.05, 4.69) is 35.4 Å². The Bertz CT molecular complexity index is 382. The molecule has 2 unspecified atom stereocenters. The topological polar surface area (TPSA) is 38.5 Å². The number of rotatable bonds is 5. The van der Waals surface area contributed by atoms with Gasteiger partial charge in [-0.3, -0.25) is 4.90 Å². The van der Waals surface area contributed by atoms with Crippen LogP contribution in [0.3, 0.4) is 0 Å². The first-order valence-electron chi connectivity index (χ1n) is 6.86. The lowest BCUT2D eigenvalue weighted by atomic mass is 9.98. The largest absolute Gasteiger partial charge is 0.381 e. The molecule has 2 atom stereocenters. The van der Waals surface area contributed by atoms with Crippen LogP contribution in [-0.2, 0) is 11.3 Å². The van der Waals surface area contributed by atoms with E-state index in [4.69, 9.17) is 10.5 Å². The van der Waals surface area contributed by atoms with Crippen molar-refractivity contribution >= 4 is 11.8 Å². The third-order valence-electron chi connectivity index (χ3n) is 3.94. The Balaban J connectivity index is 1.96. The molecule has 0 saturated carbocycles. The fraction of sp³-hybridized carbons (Fsp3) is 0.600. The molecule has 1 heterocycles. The number of nitrogens with zero attached hydrogens (tertiary/aromatic N) is 1. The summed E-state index contributed by atoms with van der Waals surface area (Å²) in [7, 11) is 1.80. The van der Waals surface area contributed by atoms with Crippen LogP contribution in [0.25, 0.3) is 0 Å². The molecule has 1 saturated heterocycles. The Hall–Kier alpha value is -0.550. The lowest BCUT2D eigenvalue weighted by Gasteiger charge is -2.38. The summed E-state index contributed by atoms with van der Waals surface area (Å²) in [5, 5.41) is 0. The number of hydrogen-bond acceptors (Lipinski definition) is 4. The minimum Gasteiger partial charge on any atom is -0.381 e. The second-order valence-electron chi connectivity index (χ2n) is 5.09. The van der Waals surface area contributed by atoms with Crippen molar-refractivity contribution in [3.8, 4) is 0 Å². The van der Waals surface area contributed by atoms with Gasteiger partial charge in [-0.05, 0) is 36.8 Å². The zero-order valence-electron chi connectivity index (χ0n) is 11.8. The molecule has 19 heavy (non-hydrogen) atoms. The lowest BCUT2D eigenvalue weighted by molar-refractivity contribution is 0.0102. The number of ether oxygens (including phenoxy) is 1. The monoisotopic (exact) mass is 280 g/mol. The van der Waals surface area contributed by atoms with Gasteiger partial charge in [-0.25, -0.2) is 0 Å². The fourth-order valence-corrected chi connectivity index (χ4v) is 3.10. The van der Waals surface area contributed by atoms with Crippen molar-refractivity contribution in [3.05, 3.63) is 29.8 Å². The Kier molecular flexibility index (Phi) is 5.70. The second-order valence-corrected chi connectivity index (χ2v) is 5.97. The van der Waals surface area contributed by atoms with Crippen LogP contribution in [0.15, 0.2) is 29.2 Å². The molecule has 0 aliphatic carbocycles. The number of nitrogens with two attached hydrogens (primary N) is 1. The van der Waals surface area contributed by atoms with Gasteiger partial charge < -0.3 is 10.5 Å². The van der Waals surface area contributed by atoms with Gasteiger partial charge in [0.05, 0.1) is 6.10 Å². The van der Waals surface area contributed by atoms with Gasteiger partial charge in [0.25, 0.3) is 0 Å². The van der Waals surface area contributed by atoms with E-state index in [1.54, 1.807) is 18.9 Å².